The van der Waals surface area contributed by atoms with Gasteiger partial charge in [-0.2, -0.15) is 0 Å². The monoisotopic (exact) mass is 551 g/mol. The predicted molar refractivity (Wildman–Crippen MR) is 168 cm³/mol. The van der Waals surface area contributed by atoms with Gasteiger partial charge in [-0.3, -0.25) is 14.6 Å². The zero-order valence-electron chi connectivity index (χ0n) is 24.5. The van der Waals surface area contributed by atoms with Crippen LogP contribution in [0.25, 0.3) is 5.70 Å². The van der Waals surface area contributed by atoms with Gasteiger partial charge in [-0.25, -0.2) is 0 Å². The van der Waals surface area contributed by atoms with E-state index in [1.165, 1.54) is 5.56 Å². The van der Waals surface area contributed by atoms with Crippen molar-refractivity contribution in [3.05, 3.63) is 101 Å². The molecule has 214 valence electrons. The lowest BCUT2D eigenvalue weighted by Crippen LogP contribution is -2.45. The molecule has 0 bridgehead atoms. The summed E-state index contributed by atoms with van der Waals surface area (Å²) in [5, 5.41) is 9.17. The molecule has 4 rings (SSSR count). The van der Waals surface area contributed by atoms with E-state index in [1.807, 2.05) is 61.5 Å². The van der Waals surface area contributed by atoms with Gasteiger partial charge in [0.15, 0.2) is 0 Å². The quantitative estimate of drug-likeness (QED) is 0.251. The summed E-state index contributed by atoms with van der Waals surface area (Å²) in [7, 11) is 1.95. The van der Waals surface area contributed by atoms with E-state index in [9.17, 15) is 9.59 Å². The smallest absolute Gasteiger partial charge is 0.253 e. The average Bonchev–Trinajstić information content (AvgIpc) is 3.01. The molecule has 1 aliphatic heterocycles. The van der Waals surface area contributed by atoms with Crippen molar-refractivity contribution in [2.24, 2.45) is 0 Å². The number of hydrogen-bond donors (Lipinski definition) is 3. The lowest BCUT2D eigenvalue weighted by molar-refractivity contribution is -0.105. The first kappa shape index (κ1) is 31.1. The molecule has 7 heteroatoms. The van der Waals surface area contributed by atoms with Crippen LogP contribution < -0.4 is 16.0 Å². The Morgan fingerprint density at radius 3 is 2.44 bits per heavy atom. The highest BCUT2D eigenvalue weighted by atomic mass is 16.2. The number of likely N-dealkylation sites (N-methyl/N-ethyl adjacent to an activating group) is 1. The molecule has 41 heavy (non-hydrogen) atoms. The molecule has 3 aromatic rings. The highest BCUT2D eigenvalue weighted by molar-refractivity contribution is 5.96. The number of aromatic nitrogens is 1. The van der Waals surface area contributed by atoms with E-state index in [4.69, 9.17) is 6.42 Å². The van der Waals surface area contributed by atoms with E-state index >= 15 is 0 Å². The number of nitrogens with zero attached hydrogens (tertiary/aromatic N) is 2. The van der Waals surface area contributed by atoms with Crippen molar-refractivity contribution < 1.29 is 9.59 Å². The van der Waals surface area contributed by atoms with E-state index in [0.29, 0.717) is 23.6 Å². The average molecular weight is 552 g/mol. The molecule has 1 fully saturated rings. The minimum Gasteiger partial charge on any atom is -0.383 e. The van der Waals surface area contributed by atoms with Crippen molar-refractivity contribution >= 4 is 23.7 Å². The largest absolute Gasteiger partial charge is 0.383 e. The van der Waals surface area contributed by atoms with Gasteiger partial charge in [-0.15, -0.1) is 6.42 Å². The Hall–Kier alpha value is -4.41. The number of benzene rings is 2. The fourth-order valence-corrected chi connectivity index (χ4v) is 4.48. The Labute approximate surface area is 244 Å². The minimum atomic E-state index is 0.0140. The molecule has 2 heterocycles. The molecule has 0 unspecified atom stereocenters. The number of rotatable bonds is 9. The first-order valence-electron chi connectivity index (χ1n) is 13.9. The maximum atomic E-state index is 12.8. The number of terminal acetylenes is 1. The second kappa shape index (κ2) is 14.8. The normalized spacial score (nSPS) is 13.3. The SMILES string of the molecule is C#Cc1ccc(C2CCN(C(=O)c3ccc(C)c(NC=O)c3)CC2)cc1.C=C(NCC(C)(C)NC)c1cccnc1. The molecule has 2 aromatic carbocycles. The molecule has 7 nitrogen and oxygen atoms in total. The van der Waals surface area contributed by atoms with Crippen LogP contribution in [-0.2, 0) is 4.79 Å². The van der Waals surface area contributed by atoms with Crippen molar-refractivity contribution in [3.8, 4) is 12.3 Å². The van der Waals surface area contributed by atoms with Crippen molar-refractivity contribution in [2.45, 2.75) is 45.1 Å². The fourth-order valence-electron chi connectivity index (χ4n) is 4.48. The molecular formula is C34H41N5O2. The molecule has 0 saturated carbocycles. The number of nitrogens with one attached hydrogen (secondary N) is 3. The first-order chi connectivity index (χ1) is 19.7. The highest BCUT2D eigenvalue weighted by Gasteiger charge is 2.25. The minimum absolute atomic E-state index is 0.0140. The Kier molecular flexibility index (Phi) is 11.3. The molecule has 3 N–H and O–H groups in total. The molecule has 0 aliphatic carbocycles. The number of piperidine rings is 1. The standard InChI is InChI=1S/C22H22N2O2.C12H19N3/c1-3-17-5-8-18(9-6-17)19-10-12-24(13-11-19)22(26)20-7-4-16(2)21(14-20)23-15-25;1-10(11-6-5-7-14-8-11)15-9-12(2,3)13-4/h1,4-9,14-15,19H,10-13H2,2H3,(H,23,25);5-8,13,15H,1,9H2,2-4H3. The summed E-state index contributed by atoms with van der Waals surface area (Å²) in [5.41, 5.74) is 6.39. The summed E-state index contributed by atoms with van der Waals surface area (Å²) in [6.07, 6.45) is 11.5. The van der Waals surface area contributed by atoms with Crippen LogP contribution in [0.2, 0.25) is 0 Å². The fraction of sp³-hybridized carbons (Fsp3) is 0.324. The molecule has 1 aliphatic rings. The summed E-state index contributed by atoms with van der Waals surface area (Å²) < 4.78 is 0. The van der Waals surface area contributed by atoms with Gasteiger partial charge in [-0.1, -0.05) is 30.7 Å². The zero-order chi connectivity index (χ0) is 29.8. The lowest BCUT2D eigenvalue weighted by Gasteiger charge is -2.32. The first-order valence-corrected chi connectivity index (χ1v) is 13.9. The van der Waals surface area contributed by atoms with Crippen LogP contribution in [0, 0.1) is 19.3 Å². The van der Waals surface area contributed by atoms with Gasteiger partial charge in [0.05, 0.1) is 0 Å². The third-order valence-electron chi connectivity index (χ3n) is 7.46. The lowest BCUT2D eigenvalue weighted by atomic mass is 9.89. The van der Waals surface area contributed by atoms with Crippen LogP contribution in [0.5, 0.6) is 0 Å². The zero-order valence-corrected chi connectivity index (χ0v) is 24.5. The summed E-state index contributed by atoms with van der Waals surface area (Å²) in [4.78, 5) is 29.4. The van der Waals surface area contributed by atoms with Crippen LogP contribution >= 0.6 is 0 Å². The van der Waals surface area contributed by atoms with Crippen molar-refractivity contribution in [1.82, 2.24) is 20.5 Å². The Morgan fingerprint density at radius 1 is 1.15 bits per heavy atom. The predicted octanol–water partition coefficient (Wildman–Crippen LogP) is 5.20. The number of likely N-dealkylation sites (tertiary alicyclic amines) is 1. The topological polar surface area (TPSA) is 86.4 Å². The summed E-state index contributed by atoms with van der Waals surface area (Å²) in [5.74, 6) is 3.10. The summed E-state index contributed by atoms with van der Waals surface area (Å²) >= 11 is 0. The third kappa shape index (κ3) is 9.06. The molecule has 2 amide bonds. The van der Waals surface area contributed by atoms with Crippen molar-refractivity contribution in [2.75, 3.05) is 32.0 Å². The maximum Gasteiger partial charge on any atom is 0.253 e. The molecular weight excluding hydrogens is 510 g/mol. The summed E-state index contributed by atoms with van der Waals surface area (Å²) in [6, 6.07) is 17.5. The van der Waals surface area contributed by atoms with Gasteiger partial charge in [0.2, 0.25) is 6.41 Å². The maximum absolute atomic E-state index is 12.8. The molecule has 1 saturated heterocycles. The molecule has 0 spiro atoms. The van der Waals surface area contributed by atoms with Gasteiger partial charge >= 0.3 is 0 Å². The van der Waals surface area contributed by atoms with Gasteiger partial charge in [0.1, 0.15) is 0 Å². The van der Waals surface area contributed by atoms with Gasteiger partial charge < -0.3 is 20.9 Å². The Bertz CT molecular complexity index is 1350. The van der Waals surface area contributed by atoms with E-state index in [-0.39, 0.29) is 11.4 Å². The van der Waals surface area contributed by atoms with Crippen LogP contribution in [0.1, 0.15) is 65.2 Å². The number of carbonyl (C=O) groups excluding carboxylic acids is 2. The molecule has 0 radical (unpaired) electrons. The third-order valence-corrected chi connectivity index (χ3v) is 7.46. The number of anilines is 1. The van der Waals surface area contributed by atoms with E-state index in [1.54, 1.807) is 12.3 Å². The molecule has 1 aromatic heterocycles. The van der Waals surface area contributed by atoms with Gasteiger partial charge in [0.25, 0.3) is 5.91 Å². The van der Waals surface area contributed by atoms with Gasteiger partial charge in [-0.05, 0) is 94.1 Å². The highest BCUT2D eigenvalue weighted by Crippen LogP contribution is 2.29. The van der Waals surface area contributed by atoms with Crippen LogP contribution in [0.15, 0.2) is 73.6 Å². The number of pyridine rings is 1. The number of carbonyl (C=O) groups is 2. The Balaban J connectivity index is 0.000000263. The van der Waals surface area contributed by atoms with E-state index in [2.05, 4.69) is 59.4 Å². The van der Waals surface area contributed by atoms with E-state index in [0.717, 1.165) is 54.9 Å². The van der Waals surface area contributed by atoms with Crippen molar-refractivity contribution in [1.29, 1.82) is 0 Å². The Morgan fingerprint density at radius 2 is 1.85 bits per heavy atom. The van der Waals surface area contributed by atoms with Crippen LogP contribution in [-0.4, -0.2) is 54.4 Å². The molecule has 0 atom stereocenters. The van der Waals surface area contributed by atoms with Crippen LogP contribution in [0.3, 0.4) is 0 Å². The van der Waals surface area contributed by atoms with E-state index < -0.39 is 0 Å². The number of aryl methyl sites for hydroxylation is 1. The second-order valence-corrected chi connectivity index (χ2v) is 10.8. The summed E-state index contributed by atoms with van der Waals surface area (Å²) in [6.45, 7) is 12.4. The number of hydrogen-bond acceptors (Lipinski definition) is 5. The van der Waals surface area contributed by atoms with Crippen LogP contribution in [0.4, 0.5) is 5.69 Å². The number of amides is 2. The van der Waals surface area contributed by atoms with Crippen molar-refractivity contribution in [3.63, 3.8) is 0 Å². The van der Waals surface area contributed by atoms with Gasteiger partial charge in [0, 0.05) is 65.6 Å². The second-order valence-electron chi connectivity index (χ2n) is 10.8.